The van der Waals surface area contributed by atoms with Gasteiger partial charge in [-0.15, -0.1) is 11.3 Å². The molecule has 0 saturated heterocycles. The van der Waals surface area contributed by atoms with Gasteiger partial charge >= 0.3 is 0 Å². The number of aromatic nitrogens is 1. The van der Waals surface area contributed by atoms with Gasteiger partial charge in [0.25, 0.3) is 0 Å². The lowest BCUT2D eigenvalue weighted by atomic mass is 9.88. The maximum atomic E-state index is 15.2. The molecule has 5 rings (SSSR count). The lowest BCUT2D eigenvalue weighted by molar-refractivity contribution is 0.0875. The van der Waals surface area contributed by atoms with E-state index in [2.05, 4.69) is 35.2 Å². The van der Waals surface area contributed by atoms with Crippen LogP contribution in [-0.2, 0) is 16.1 Å². The molecule has 0 amide bonds. The highest BCUT2D eigenvalue weighted by atomic mass is 32.1. The third-order valence-electron chi connectivity index (χ3n) is 6.83. The smallest absolute Gasteiger partial charge is 0.126 e. The van der Waals surface area contributed by atoms with Gasteiger partial charge in [0.1, 0.15) is 17.6 Å². The molecule has 1 aromatic heterocycles. The van der Waals surface area contributed by atoms with Crippen molar-refractivity contribution in [1.82, 2.24) is 4.98 Å². The van der Waals surface area contributed by atoms with Gasteiger partial charge in [-0.2, -0.15) is 0 Å². The molecular weight excluding hydrogens is 461 g/mol. The summed E-state index contributed by atoms with van der Waals surface area (Å²) in [7, 11) is 1.64. The van der Waals surface area contributed by atoms with E-state index in [1.807, 2.05) is 31.2 Å². The van der Waals surface area contributed by atoms with E-state index in [1.165, 1.54) is 4.88 Å². The van der Waals surface area contributed by atoms with Crippen LogP contribution in [-0.4, -0.2) is 32.1 Å². The molecule has 1 N–H and O–H groups in total. The number of halogens is 1. The third kappa shape index (κ3) is 4.94. The first kappa shape index (κ1) is 23.9. The largest absolute Gasteiger partial charge is 0.376 e. The second-order valence-corrected chi connectivity index (χ2v) is 10.4. The Kier molecular flexibility index (Phi) is 7.09. The molecule has 2 aromatic carbocycles. The lowest BCUT2D eigenvalue weighted by Gasteiger charge is -2.21. The van der Waals surface area contributed by atoms with Crippen LogP contribution in [0, 0.1) is 18.8 Å². The third-order valence-corrected chi connectivity index (χ3v) is 8.06. The van der Waals surface area contributed by atoms with Crippen LogP contribution < -0.4 is 5.32 Å². The van der Waals surface area contributed by atoms with Gasteiger partial charge in [-0.1, -0.05) is 30.3 Å². The van der Waals surface area contributed by atoms with Crippen molar-refractivity contribution in [3.8, 4) is 10.6 Å². The predicted octanol–water partition coefficient (Wildman–Crippen LogP) is 7.12. The summed E-state index contributed by atoms with van der Waals surface area (Å²) < 4.78 is 26.4. The fourth-order valence-corrected chi connectivity index (χ4v) is 6.49. The Morgan fingerprint density at radius 2 is 2.00 bits per heavy atom. The van der Waals surface area contributed by atoms with Crippen LogP contribution in [0.1, 0.15) is 40.5 Å². The molecular formula is C28H30FN3O2S. The van der Waals surface area contributed by atoms with Crippen molar-refractivity contribution >= 4 is 35.5 Å². The number of allylic oxidation sites excluding steroid dienone is 1. The van der Waals surface area contributed by atoms with Gasteiger partial charge < -0.3 is 14.8 Å². The molecule has 182 valence electrons. The van der Waals surface area contributed by atoms with Gasteiger partial charge in [-0.25, -0.2) is 9.37 Å². The topological polar surface area (TPSA) is 55.7 Å². The number of anilines is 1. The number of nitrogens with zero attached hydrogens (tertiary/aromatic N) is 2. The van der Waals surface area contributed by atoms with Crippen molar-refractivity contribution in [2.45, 2.75) is 32.3 Å². The minimum atomic E-state index is -0.0878. The molecule has 35 heavy (non-hydrogen) atoms. The maximum Gasteiger partial charge on any atom is 0.126 e. The Bertz CT molecular complexity index is 1240. The highest BCUT2D eigenvalue weighted by Gasteiger charge is 2.42. The van der Waals surface area contributed by atoms with Crippen molar-refractivity contribution in [3.63, 3.8) is 0 Å². The summed E-state index contributed by atoms with van der Waals surface area (Å²) in [6.45, 7) is 7.33. The average molecular weight is 492 g/mol. The summed E-state index contributed by atoms with van der Waals surface area (Å²) in [6.07, 6.45) is 3.36. The Morgan fingerprint density at radius 1 is 1.20 bits per heavy atom. The van der Waals surface area contributed by atoms with E-state index in [0.717, 1.165) is 51.6 Å². The second-order valence-electron chi connectivity index (χ2n) is 9.32. The van der Waals surface area contributed by atoms with E-state index in [4.69, 9.17) is 14.5 Å². The maximum absolute atomic E-state index is 15.2. The van der Waals surface area contributed by atoms with Gasteiger partial charge in [0.05, 0.1) is 23.7 Å². The van der Waals surface area contributed by atoms with Crippen molar-refractivity contribution in [1.29, 1.82) is 0 Å². The van der Waals surface area contributed by atoms with E-state index < -0.39 is 0 Å². The van der Waals surface area contributed by atoms with Crippen molar-refractivity contribution < 1.29 is 13.9 Å². The first-order chi connectivity index (χ1) is 17.1. The summed E-state index contributed by atoms with van der Waals surface area (Å²) in [6, 6.07) is 14.2. The fraction of sp³-hybridized carbons (Fsp3) is 0.357. The Morgan fingerprint density at radius 3 is 2.77 bits per heavy atom. The first-order valence-electron chi connectivity index (χ1n) is 11.9. The van der Waals surface area contributed by atoms with Crippen LogP contribution in [0.5, 0.6) is 0 Å². The average Bonchev–Trinajstić information content (AvgIpc) is 3.48. The zero-order chi connectivity index (χ0) is 24.4. The number of aryl methyl sites for hydroxylation is 1. The lowest BCUT2D eigenvalue weighted by Crippen LogP contribution is -2.10. The monoisotopic (exact) mass is 491 g/mol. The SMILES string of the molecule is C=Nc1cc(C)cc(-c2nc3c(s2)C2CC(COCc4ccccc4)CC2C(F)=C3)c1NCOC. The molecule has 7 heteroatoms. The number of fused-ring (bicyclic) bond motifs is 3. The van der Waals surface area contributed by atoms with Gasteiger partial charge in [0, 0.05) is 36.0 Å². The Balaban J connectivity index is 1.38. The Labute approximate surface area is 209 Å². The number of benzene rings is 2. The molecule has 1 saturated carbocycles. The fourth-order valence-electron chi connectivity index (χ4n) is 5.25. The normalized spacial score (nSPS) is 20.8. The van der Waals surface area contributed by atoms with Crippen LogP contribution in [0.4, 0.5) is 15.8 Å². The van der Waals surface area contributed by atoms with Crippen LogP contribution in [0.2, 0.25) is 0 Å². The first-order valence-corrected chi connectivity index (χ1v) is 12.7. The number of ether oxygens (including phenoxy) is 2. The minimum absolute atomic E-state index is 0.0552. The molecule has 0 radical (unpaired) electrons. The number of thiazole rings is 1. The van der Waals surface area contributed by atoms with E-state index in [-0.39, 0.29) is 17.7 Å². The zero-order valence-electron chi connectivity index (χ0n) is 20.1. The molecule has 2 aliphatic carbocycles. The molecule has 0 spiro atoms. The molecule has 0 aliphatic heterocycles. The van der Waals surface area contributed by atoms with Crippen LogP contribution in [0.3, 0.4) is 0 Å². The summed E-state index contributed by atoms with van der Waals surface area (Å²) >= 11 is 1.66. The van der Waals surface area contributed by atoms with Gasteiger partial charge in [-0.05, 0) is 61.7 Å². The Hall–Kier alpha value is -2.87. The highest BCUT2D eigenvalue weighted by molar-refractivity contribution is 7.15. The molecule has 5 nitrogen and oxygen atoms in total. The van der Waals surface area contributed by atoms with E-state index >= 15 is 4.39 Å². The standard InChI is InChI=1S/C28H30FN3O2S/c1-17-9-22(26(31-16-33-3)24(10-17)30-2)28-32-25-13-23(29)20-11-19(12-21(20)27(25)35-28)15-34-14-18-7-5-4-6-8-18/h4-10,13,19-21,31H,2,11-12,14-16H2,1,3H3. The molecule has 1 fully saturated rings. The van der Waals surface area contributed by atoms with E-state index in [9.17, 15) is 0 Å². The van der Waals surface area contributed by atoms with E-state index in [1.54, 1.807) is 24.5 Å². The molecule has 3 unspecified atom stereocenters. The number of rotatable bonds is 9. The van der Waals surface area contributed by atoms with Gasteiger partial charge in [0.2, 0.25) is 0 Å². The molecule has 3 aromatic rings. The van der Waals surface area contributed by atoms with Crippen molar-refractivity contribution in [3.05, 3.63) is 70.0 Å². The number of hydrogen-bond acceptors (Lipinski definition) is 6. The van der Waals surface area contributed by atoms with Crippen molar-refractivity contribution in [2.75, 3.05) is 25.8 Å². The number of aliphatic imine (C=N–C) groups is 1. The molecule has 0 bridgehead atoms. The number of hydrogen-bond donors (Lipinski definition) is 1. The molecule has 2 aliphatic rings. The van der Waals surface area contributed by atoms with Crippen LogP contribution >= 0.6 is 11.3 Å². The summed E-state index contributed by atoms with van der Waals surface area (Å²) in [5.41, 5.74) is 5.50. The molecule has 1 heterocycles. The van der Waals surface area contributed by atoms with Crippen LogP contribution in [0.15, 0.2) is 53.3 Å². The number of nitrogens with one attached hydrogen (secondary N) is 1. The molecule has 3 atom stereocenters. The van der Waals surface area contributed by atoms with Crippen LogP contribution in [0.25, 0.3) is 16.6 Å². The quantitative estimate of drug-likeness (QED) is 0.256. The van der Waals surface area contributed by atoms with E-state index in [0.29, 0.717) is 25.9 Å². The van der Waals surface area contributed by atoms with Gasteiger partial charge in [-0.3, -0.25) is 4.99 Å². The zero-order valence-corrected chi connectivity index (χ0v) is 20.9. The summed E-state index contributed by atoms with van der Waals surface area (Å²) in [4.78, 5) is 10.2. The predicted molar refractivity (Wildman–Crippen MR) is 141 cm³/mol. The van der Waals surface area contributed by atoms with Crippen molar-refractivity contribution in [2.24, 2.45) is 16.8 Å². The summed E-state index contributed by atoms with van der Waals surface area (Å²) in [5.74, 6) is 0.332. The number of methoxy groups -OCH3 is 1. The highest BCUT2D eigenvalue weighted by Crippen LogP contribution is 2.54. The minimum Gasteiger partial charge on any atom is -0.376 e. The second kappa shape index (κ2) is 10.4. The summed E-state index contributed by atoms with van der Waals surface area (Å²) in [5, 5.41) is 4.15. The van der Waals surface area contributed by atoms with Gasteiger partial charge in [0.15, 0.2) is 0 Å².